The Labute approximate surface area is 185 Å². The molecule has 6 nitrogen and oxygen atoms in total. The zero-order valence-electron chi connectivity index (χ0n) is 18.6. The van der Waals surface area contributed by atoms with Crippen LogP contribution in [0.25, 0.3) is 0 Å². The van der Waals surface area contributed by atoms with Gasteiger partial charge in [0.25, 0.3) is 0 Å². The van der Waals surface area contributed by atoms with Crippen molar-refractivity contribution in [3.05, 3.63) is 65.2 Å². The van der Waals surface area contributed by atoms with Gasteiger partial charge in [-0.1, -0.05) is 63.3 Å². The van der Waals surface area contributed by atoms with E-state index in [0.717, 1.165) is 11.1 Å². The number of hydrogen-bond donors (Lipinski definition) is 1. The number of sulfonamides is 1. The highest BCUT2D eigenvalue weighted by molar-refractivity contribution is 7.89. The van der Waals surface area contributed by atoms with Crippen LogP contribution in [0.2, 0.25) is 13.1 Å². The van der Waals surface area contributed by atoms with Gasteiger partial charge in [-0.2, -0.15) is 0 Å². The van der Waals surface area contributed by atoms with Crippen LogP contribution in [0, 0.1) is 0 Å². The predicted molar refractivity (Wildman–Crippen MR) is 126 cm³/mol. The molecule has 0 fully saturated rings. The molecule has 0 aliphatic heterocycles. The Morgan fingerprint density at radius 2 is 1.53 bits per heavy atom. The molecule has 2 aromatic rings. The summed E-state index contributed by atoms with van der Waals surface area (Å²) in [4.78, 5) is 0.197. The fourth-order valence-corrected chi connectivity index (χ4v) is 5.96. The third kappa shape index (κ3) is 5.47. The van der Waals surface area contributed by atoms with Crippen LogP contribution in [0.3, 0.4) is 0 Å². The van der Waals surface area contributed by atoms with Gasteiger partial charge in [-0.25, -0.2) is 12.7 Å². The smallest absolute Gasteiger partial charge is 0.242 e. The standard InChI is InChI=1S/C21H33NO5SSi2/c1-21(2,20(26-29-5)27-30-6)17-9-7-8-16(14-17)19(23)15-10-12-18(13-11-15)28(24,25)22(3)4/h7-14,19-20,23H,29-30H2,1-6H3. The lowest BCUT2D eigenvalue weighted by Gasteiger charge is -2.35. The highest BCUT2D eigenvalue weighted by Gasteiger charge is 2.32. The summed E-state index contributed by atoms with van der Waals surface area (Å²) in [7, 11) is -1.78. The quantitative estimate of drug-likeness (QED) is 0.427. The lowest BCUT2D eigenvalue weighted by atomic mass is 9.82. The maximum Gasteiger partial charge on any atom is 0.242 e. The average molecular weight is 468 g/mol. The van der Waals surface area contributed by atoms with E-state index in [2.05, 4.69) is 26.9 Å². The lowest BCUT2D eigenvalue weighted by Crippen LogP contribution is -2.39. The molecule has 2 aromatic carbocycles. The summed E-state index contributed by atoms with van der Waals surface area (Å²) in [6, 6.07) is 14.1. The molecule has 2 rings (SSSR count). The number of hydrogen-bond acceptors (Lipinski definition) is 5. The van der Waals surface area contributed by atoms with Crippen LogP contribution >= 0.6 is 0 Å². The molecule has 0 saturated heterocycles. The van der Waals surface area contributed by atoms with Gasteiger partial charge < -0.3 is 14.0 Å². The van der Waals surface area contributed by atoms with Crippen molar-refractivity contribution < 1.29 is 22.4 Å². The van der Waals surface area contributed by atoms with E-state index in [1.54, 1.807) is 12.1 Å². The largest absolute Gasteiger partial charge is 0.400 e. The summed E-state index contributed by atoms with van der Waals surface area (Å²) in [5, 5.41) is 10.9. The Kier molecular flexibility index (Phi) is 8.57. The summed E-state index contributed by atoms with van der Waals surface area (Å²) >= 11 is 0. The molecule has 0 aliphatic rings. The minimum absolute atomic E-state index is 0.197. The molecule has 0 spiro atoms. The first-order chi connectivity index (χ1) is 14.1. The number of rotatable bonds is 10. The SMILES string of the molecule is C[SiH2]OC(O[SiH2]C)C(C)(C)c1cccc(C(O)c2ccc(S(=O)(=O)N(C)C)cc2)c1. The molecule has 0 aliphatic carbocycles. The van der Waals surface area contributed by atoms with Crippen molar-refractivity contribution in [1.29, 1.82) is 0 Å². The summed E-state index contributed by atoms with van der Waals surface area (Å²) in [5.41, 5.74) is 2.05. The number of benzene rings is 2. The van der Waals surface area contributed by atoms with Crippen LogP contribution in [-0.2, 0) is 24.3 Å². The molecule has 0 aromatic heterocycles. The second kappa shape index (κ2) is 10.3. The first kappa shape index (κ1) is 24.9. The molecule has 1 atom stereocenters. The summed E-state index contributed by atoms with van der Waals surface area (Å²) in [5.74, 6) is 0. The van der Waals surface area contributed by atoms with Gasteiger partial charge in [0.1, 0.15) is 12.4 Å². The Bertz CT molecular complexity index is 927. The van der Waals surface area contributed by atoms with Gasteiger partial charge in [-0.05, 0) is 28.8 Å². The Balaban J connectivity index is 2.33. The zero-order chi connectivity index (χ0) is 22.5. The summed E-state index contributed by atoms with van der Waals surface area (Å²) < 4.78 is 37.6. The summed E-state index contributed by atoms with van der Waals surface area (Å²) in [6.07, 6.45) is -1.15. The lowest BCUT2D eigenvalue weighted by molar-refractivity contribution is -0.0433. The van der Waals surface area contributed by atoms with E-state index in [1.807, 2.05) is 24.3 Å². The molecule has 0 bridgehead atoms. The first-order valence-electron chi connectivity index (χ1n) is 10.1. The van der Waals surface area contributed by atoms with Gasteiger partial charge in [-0.3, -0.25) is 0 Å². The second-order valence-electron chi connectivity index (χ2n) is 7.85. The Morgan fingerprint density at radius 1 is 0.967 bits per heavy atom. The van der Waals surface area contributed by atoms with Gasteiger partial charge in [0, 0.05) is 19.5 Å². The van der Waals surface area contributed by atoms with Crippen molar-refractivity contribution in [3.8, 4) is 0 Å². The minimum atomic E-state index is -3.50. The number of nitrogens with zero attached hydrogens (tertiary/aromatic N) is 1. The summed E-state index contributed by atoms with van der Waals surface area (Å²) in [6.45, 7) is 8.37. The van der Waals surface area contributed by atoms with Gasteiger partial charge in [0.05, 0.1) is 4.90 Å². The van der Waals surface area contributed by atoms with E-state index < -0.39 is 35.7 Å². The maximum atomic E-state index is 12.3. The van der Waals surface area contributed by atoms with Crippen molar-refractivity contribution in [2.24, 2.45) is 0 Å². The number of aliphatic hydroxyl groups excluding tert-OH is 1. The Hall–Kier alpha value is -1.34. The first-order valence-corrected chi connectivity index (χ1v) is 15.5. The van der Waals surface area contributed by atoms with Crippen LogP contribution < -0.4 is 0 Å². The molecule has 1 unspecified atom stereocenters. The molecular weight excluding hydrogens is 434 g/mol. The maximum absolute atomic E-state index is 12.3. The third-order valence-electron chi connectivity index (χ3n) is 5.15. The van der Waals surface area contributed by atoms with Crippen LogP contribution in [-0.4, -0.2) is 57.7 Å². The monoisotopic (exact) mass is 467 g/mol. The fourth-order valence-electron chi connectivity index (χ4n) is 3.24. The van der Waals surface area contributed by atoms with Crippen LogP contribution in [0.15, 0.2) is 53.4 Å². The van der Waals surface area contributed by atoms with E-state index in [9.17, 15) is 13.5 Å². The molecule has 166 valence electrons. The average Bonchev–Trinajstić information content (AvgIpc) is 2.73. The fraction of sp³-hybridized carbons (Fsp3) is 0.429. The van der Waals surface area contributed by atoms with Crippen molar-refractivity contribution in [1.82, 2.24) is 4.31 Å². The highest BCUT2D eigenvalue weighted by Crippen LogP contribution is 2.33. The van der Waals surface area contributed by atoms with Crippen LogP contribution in [0.1, 0.15) is 36.6 Å². The van der Waals surface area contributed by atoms with E-state index in [4.69, 9.17) is 8.85 Å². The van der Waals surface area contributed by atoms with E-state index >= 15 is 0 Å². The zero-order valence-corrected chi connectivity index (χ0v) is 22.3. The van der Waals surface area contributed by atoms with Gasteiger partial charge in [-0.15, -0.1) is 0 Å². The Morgan fingerprint density at radius 3 is 2.03 bits per heavy atom. The molecule has 30 heavy (non-hydrogen) atoms. The van der Waals surface area contributed by atoms with Crippen LogP contribution in [0.4, 0.5) is 0 Å². The second-order valence-corrected chi connectivity index (χ2v) is 11.8. The third-order valence-corrected chi connectivity index (χ3v) is 8.25. The van der Waals surface area contributed by atoms with E-state index in [0.29, 0.717) is 5.56 Å². The normalized spacial score (nSPS) is 15.5. The molecular formula is C21H33NO5SSi2. The number of aliphatic hydroxyl groups is 1. The molecule has 0 amide bonds. The molecule has 0 heterocycles. The molecule has 9 heteroatoms. The van der Waals surface area contributed by atoms with Crippen molar-refractivity contribution >= 4 is 29.5 Å². The van der Waals surface area contributed by atoms with Crippen molar-refractivity contribution in [3.63, 3.8) is 0 Å². The topological polar surface area (TPSA) is 76.1 Å². The molecule has 0 radical (unpaired) electrons. The van der Waals surface area contributed by atoms with Crippen molar-refractivity contribution in [2.45, 2.75) is 49.6 Å². The molecule has 1 N–H and O–H groups in total. The van der Waals surface area contributed by atoms with E-state index in [-0.39, 0.29) is 16.6 Å². The molecule has 0 saturated carbocycles. The van der Waals surface area contributed by atoms with Crippen LogP contribution in [0.5, 0.6) is 0 Å². The van der Waals surface area contributed by atoms with E-state index in [1.165, 1.54) is 30.5 Å². The van der Waals surface area contributed by atoms with Gasteiger partial charge >= 0.3 is 0 Å². The highest BCUT2D eigenvalue weighted by atomic mass is 32.2. The minimum Gasteiger partial charge on any atom is -0.400 e. The predicted octanol–water partition coefficient (Wildman–Crippen LogP) is 1.92. The van der Waals surface area contributed by atoms with Gasteiger partial charge in [0.2, 0.25) is 10.0 Å². The van der Waals surface area contributed by atoms with Crippen molar-refractivity contribution in [2.75, 3.05) is 14.1 Å². The van der Waals surface area contributed by atoms with Gasteiger partial charge in [0.15, 0.2) is 19.5 Å².